The van der Waals surface area contributed by atoms with E-state index in [1.54, 1.807) is 12.1 Å². The summed E-state index contributed by atoms with van der Waals surface area (Å²) < 4.78 is 0.884. The van der Waals surface area contributed by atoms with Crippen molar-refractivity contribution in [3.8, 4) is 0 Å². The predicted molar refractivity (Wildman–Crippen MR) is 53.6 cm³/mol. The minimum atomic E-state index is -0.0864. The molecule has 1 nitrogen and oxygen atoms in total. The third-order valence-corrected chi connectivity index (χ3v) is 2.58. The molecule has 1 rings (SSSR count). The Labute approximate surface area is 84.9 Å². The summed E-state index contributed by atoms with van der Waals surface area (Å²) in [5.41, 5.74) is 0.967. The van der Waals surface area contributed by atoms with Gasteiger partial charge in [0.1, 0.15) is 6.29 Å². The average Bonchev–Trinajstić information content (AvgIpc) is 2.03. The zero-order valence-corrected chi connectivity index (χ0v) is 8.89. The number of benzene rings is 1. The van der Waals surface area contributed by atoms with Crippen molar-refractivity contribution in [3.63, 3.8) is 0 Å². The van der Waals surface area contributed by atoms with Gasteiger partial charge < -0.3 is 4.79 Å². The number of carbonyl (C=O) groups is 1. The SMILES string of the molecule is CC(C=O)c1ccc(Cl)cc1Br. The molecule has 1 aromatic carbocycles. The molecule has 3 heteroatoms. The van der Waals surface area contributed by atoms with Gasteiger partial charge in [-0.2, -0.15) is 0 Å². The van der Waals surface area contributed by atoms with Gasteiger partial charge in [-0.3, -0.25) is 0 Å². The summed E-state index contributed by atoms with van der Waals surface area (Å²) in [4.78, 5) is 10.5. The quantitative estimate of drug-likeness (QED) is 0.732. The van der Waals surface area contributed by atoms with Gasteiger partial charge in [0.25, 0.3) is 0 Å². The first-order chi connectivity index (χ1) is 5.65. The third kappa shape index (κ3) is 2.08. The lowest BCUT2D eigenvalue weighted by Gasteiger charge is -2.06. The minimum Gasteiger partial charge on any atom is -0.303 e. The molecule has 1 aromatic rings. The molecule has 0 heterocycles. The van der Waals surface area contributed by atoms with Gasteiger partial charge in [0.2, 0.25) is 0 Å². The van der Waals surface area contributed by atoms with E-state index in [0.717, 1.165) is 16.3 Å². The maximum absolute atomic E-state index is 10.5. The van der Waals surface area contributed by atoms with Crippen LogP contribution in [-0.4, -0.2) is 6.29 Å². The molecule has 0 aliphatic rings. The van der Waals surface area contributed by atoms with Crippen molar-refractivity contribution in [1.82, 2.24) is 0 Å². The lowest BCUT2D eigenvalue weighted by molar-refractivity contribution is -0.108. The number of rotatable bonds is 2. The third-order valence-electron chi connectivity index (χ3n) is 1.66. The lowest BCUT2D eigenvalue weighted by atomic mass is 10.0. The Morgan fingerprint density at radius 2 is 2.25 bits per heavy atom. The summed E-state index contributed by atoms with van der Waals surface area (Å²) in [6.07, 6.45) is 0.911. The molecule has 0 aliphatic heterocycles. The molecule has 0 spiro atoms. The number of aldehydes is 1. The summed E-state index contributed by atoms with van der Waals surface area (Å²) in [7, 11) is 0. The number of hydrogen-bond acceptors (Lipinski definition) is 1. The number of halogens is 2. The summed E-state index contributed by atoms with van der Waals surface area (Å²) in [6.45, 7) is 1.85. The zero-order valence-electron chi connectivity index (χ0n) is 6.55. The Morgan fingerprint density at radius 3 is 2.75 bits per heavy atom. The molecule has 0 amide bonds. The Hall–Kier alpha value is -0.340. The first-order valence-electron chi connectivity index (χ1n) is 3.55. The van der Waals surface area contributed by atoms with Crippen molar-refractivity contribution < 1.29 is 4.79 Å². The standard InChI is InChI=1S/C9H8BrClO/c1-6(5-12)8-3-2-7(11)4-9(8)10/h2-6H,1H3. The molecule has 0 aliphatic carbocycles. The smallest absolute Gasteiger partial charge is 0.127 e. The van der Waals surface area contributed by atoms with Crippen LogP contribution in [-0.2, 0) is 4.79 Å². The van der Waals surface area contributed by atoms with E-state index in [1.807, 2.05) is 13.0 Å². The van der Waals surface area contributed by atoms with E-state index >= 15 is 0 Å². The molecule has 0 fully saturated rings. The van der Waals surface area contributed by atoms with E-state index in [4.69, 9.17) is 11.6 Å². The Bertz CT molecular complexity index is 299. The second-order valence-corrected chi connectivity index (χ2v) is 3.88. The maximum Gasteiger partial charge on any atom is 0.127 e. The van der Waals surface area contributed by atoms with Crippen molar-refractivity contribution in [2.24, 2.45) is 0 Å². The maximum atomic E-state index is 10.5. The highest BCUT2D eigenvalue weighted by atomic mass is 79.9. The molecule has 0 aromatic heterocycles. The monoisotopic (exact) mass is 246 g/mol. The van der Waals surface area contributed by atoms with Gasteiger partial charge in [-0.25, -0.2) is 0 Å². The summed E-state index contributed by atoms with van der Waals surface area (Å²) in [6, 6.07) is 5.42. The fourth-order valence-electron chi connectivity index (χ4n) is 0.944. The summed E-state index contributed by atoms with van der Waals surface area (Å²) in [5, 5.41) is 0.670. The van der Waals surface area contributed by atoms with Crippen LogP contribution in [0.4, 0.5) is 0 Å². The van der Waals surface area contributed by atoms with Gasteiger partial charge >= 0.3 is 0 Å². The van der Waals surface area contributed by atoms with Crippen LogP contribution in [0.3, 0.4) is 0 Å². The Morgan fingerprint density at radius 1 is 1.58 bits per heavy atom. The number of carbonyl (C=O) groups excluding carboxylic acids is 1. The Kier molecular flexibility index (Phi) is 3.29. The molecule has 1 atom stereocenters. The van der Waals surface area contributed by atoms with Crippen molar-refractivity contribution in [2.75, 3.05) is 0 Å². The van der Waals surface area contributed by atoms with E-state index in [9.17, 15) is 4.79 Å². The minimum absolute atomic E-state index is 0.0864. The van der Waals surface area contributed by atoms with Crippen LogP contribution in [0.15, 0.2) is 22.7 Å². The second kappa shape index (κ2) is 4.06. The number of hydrogen-bond donors (Lipinski definition) is 0. The van der Waals surface area contributed by atoms with E-state index in [0.29, 0.717) is 5.02 Å². The van der Waals surface area contributed by atoms with Gasteiger partial charge in [0, 0.05) is 15.4 Å². The molecule has 0 radical (unpaired) electrons. The Balaban J connectivity index is 3.09. The van der Waals surface area contributed by atoms with Gasteiger partial charge in [0.15, 0.2) is 0 Å². The van der Waals surface area contributed by atoms with E-state index in [1.165, 1.54) is 0 Å². The van der Waals surface area contributed by atoms with Crippen LogP contribution >= 0.6 is 27.5 Å². The molecule has 12 heavy (non-hydrogen) atoms. The lowest BCUT2D eigenvalue weighted by Crippen LogP contribution is -1.94. The molecular weight excluding hydrogens is 239 g/mol. The first-order valence-corrected chi connectivity index (χ1v) is 4.72. The molecule has 0 saturated heterocycles. The van der Waals surface area contributed by atoms with Gasteiger partial charge in [-0.05, 0) is 17.7 Å². The van der Waals surface area contributed by atoms with Crippen molar-refractivity contribution in [2.45, 2.75) is 12.8 Å². The molecule has 64 valence electrons. The van der Waals surface area contributed by atoms with Crippen LogP contribution in [0.1, 0.15) is 18.4 Å². The molecule has 0 N–H and O–H groups in total. The van der Waals surface area contributed by atoms with Gasteiger partial charge in [0.05, 0.1) is 0 Å². The summed E-state index contributed by atoms with van der Waals surface area (Å²) >= 11 is 9.09. The van der Waals surface area contributed by atoms with E-state index in [2.05, 4.69) is 15.9 Å². The highest BCUT2D eigenvalue weighted by Gasteiger charge is 2.07. The average molecular weight is 248 g/mol. The molecular formula is C9H8BrClO. The van der Waals surface area contributed by atoms with Crippen molar-refractivity contribution in [1.29, 1.82) is 0 Å². The van der Waals surface area contributed by atoms with E-state index in [-0.39, 0.29) is 5.92 Å². The van der Waals surface area contributed by atoms with Crippen LogP contribution in [0.25, 0.3) is 0 Å². The van der Waals surface area contributed by atoms with Crippen LogP contribution in [0, 0.1) is 0 Å². The fourth-order valence-corrected chi connectivity index (χ4v) is 1.99. The largest absolute Gasteiger partial charge is 0.303 e. The van der Waals surface area contributed by atoms with Crippen molar-refractivity contribution in [3.05, 3.63) is 33.3 Å². The predicted octanol–water partition coefficient (Wildman–Crippen LogP) is 3.40. The van der Waals surface area contributed by atoms with Gasteiger partial charge in [-0.15, -0.1) is 0 Å². The van der Waals surface area contributed by atoms with Gasteiger partial charge in [-0.1, -0.05) is 40.5 Å². The van der Waals surface area contributed by atoms with Crippen LogP contribution in [0.2, 0.25) is 5.02 Å². The molecule has 0 saturated carbocycles. The van der Waals surface area contributed by atoms with E-state index < -0.39 is 0 Å². The zero-order chi connectivity index (χ0) is 9.14. The topological polar surface area (TPSA) is 17.1 Å². The highest BCUT2D eigenvalue weighted by Crippen LogP contribution is 2.26. The normalized spacial score (nSPS) is 12.6. The fraction of sp³-hybridized carbons (Fsp3) is 0.222. The van der Waals surface area contributed by atoms with Crippen LogP contribution in [0.5, 0.6) is 0 Å². The van der Waals surface area contributed by atoms with Crippen LogP contribution < -0.4 is 0 Å². The molecule has 1 unspecified atom stereocenters. The first kappa shape index (κ1) is 9.75. The highest BCUT2D eigenvalue weighted by molar-refractivity contribution is 9.10. The second-order valence-electron chi connectivity index (χ2n) is 2.59. The van der Waals surface area contributed by atoms with Crippen molar-refractivity contribution >= 4 is 33.8 Å². The molecule has 0 bridgehead atoms. The summed E-state index contributed by atoms with van der Waals surface area (Å²) in [5.74, 6) is -0.0864.